The second-order valence-electron chi connectivity index (χ2n) is 6.05. The molecule has 19 heavy (non-hydrogen) atoms. The van der Waals surface area contributed by atoms with E-state index in [9.17, 15) is 0 Å². The lowest BCUT2D eigenvalue weighted by molar-refractivity contribution is -0.0141. The van der Waals surface area contributed by atoms with Gasteiger partial charge in [-0.25, -0.2) is 0 Å². The van der Waals surface area contributed by atoms with Gasteiger partial charge in [-0.3, -0.25) is 0 Å². The van der Waals surface area contributed by atoms with Crippen molar-refractivity contribution in [1.82, 2.24) is 5.32 Å². The van der Waals surface area contributed by atoms with E-state index in [1.807, 2.05) is 0 Å². The average Bonchev–Trinajstić information content (AvgIpc) is 2.39. The molecule has 114 valence electrons. The zero-order valence-electron chi connectivity index (χ0n) is 13.1. The first-order valence-corrected chi connectivity index (χ1v) is 8.15. The van der Waals surface area contributed by atoms with E-state index in [1.54, 1.807) is 0 Å². The predicted molar refractivity (Wildman–Crippen MR) is 80.6 cm³/mol. The maximum atomic E-state index is 5.88. The van der Waals surface area contributed by atoms with Crippen LogP contribution in [0.4, 0.5) is 0 Å². The summed E-state index contributed by atoms with van der Waals surface area (Å²) in [6.45, 7) is 10.2. The van der Waals surface area contributed by atoms with Crippen molar-refractivity contribution in [1.29, 1.82) is 0 Å². The van der Waals surface area contributed by atoms with Gasteiger partial charge in [0.2, 0.25) is 0 Å². The van der Waals surface area contributed by atoms with Crippen molar-refractivity contribution in [3.05, 3.63) is 0 Å². The number of hydrogen-bond acceptors (Lipinski definition) is 3. The zero-order chi connectivity index (χ0) is 13.9. The molecule has 3 heteroatoms. The van der Waals surface area contributed by atoms with Crippen molar-refractivity contribution in [2.45, 2.75) is 71.4 Å². The van der Waals surface area contributed by atoms with Gasteiger partial charge in [0.05, 0.1) is 19.3 Å². The Balaban J connectivity index is 1.88. The van der Waals surface area contributed by atoms with Gasteiger partial charge in [-0.2, -0.15) is 0 Å². The first-order chi connectivity index (χ1) is 9.22. The summed E-state index contributed by atoms with van der Waals surface area (Å²) in [5.41, 5.74) is 0. The normalized spacial score (nSPS) is 24.0. The lowest BCUT2D eigenvalue weighted by atomic mass is 9.93. The second-order valence-corrected chi connectivity index (χ2v) is 6.05. The summed E-state index contributed by atoms with van der Waals surface area (Å²) in [6.07, 6.45) is 7.81. The summed E-state index contributed by atoms with van der Waals surface area (Å²) < 4.78 is 11.5. The van der Waals surface area contributed by atoms with Gasteiger partial charge in [0, 0.05) is 12.6 Å². The van der Waals surface area contributed by atoms with E-state index in [0.29, 0.717) is 6.10 Å². The first kappa shape index (κ1) is 16.9. The topological polar surface area (TPSA) is 30.5 Å². The molecule has 0 atom stereocenters. The summed E-state index contributed by atoms with van der Waals surface area (Å²) in [5, 5.41) is 3.52. The summed E-state index contributed by atoms with van der Waals surface area (Å²) in [7, 11) is 0. The summed E-state index contributed by atoms with van der Waals surface area (Å²) in [4.78, 5) is 0. The Morgan fingerprint density at radius 3 is 2.42 bits per heavy atom. The molecule has 0 bridgehead atoms. The van der Waals surface area contributed by atoms with Crippen LogP contribution in [0.5, 0.6) is 0 Å². The molecule has 0 saturated heterocycles. The fourth-order valence-corrected chi connectivity index (χ4v) is 2.69. The van der Waals surface area contributed by atoms with Crippen molar-refractivity contribution in [2.75, 3.05) is 26.4 Å². The highest BCUT2D eigenvalue weighted by Gasteiger charge is 2.20. The maximum absolute atomic E-state index is 5.88. The van der Waals surface area contributed by atoms with E-state index in [2.05, 4.69) is 26.1 Å². The molecule has 1 aliphatic carbocycles. The largest absolute Gasteiger partial charge is 0.379 e. The van der Waals surface area contributed by atoms with Gasteiger partial charge in [-0.15, -0.1) is 0 Å². The minimum absolute atomic E-state index is 0.467. The molecule has 1 rings (SSSR count). The van der Waals surface area contributed by atoms with Crippen molar-refractivity contribution >= 4 is 0 Å². The van der Waals surface area contributed by atoms with Crippen LogP contribution in [-0.2, 0) is 9.47 Å². The molecule has 0 aliphatic heterocycles. The van der Waals surface area contributed by atoms with Crippen LogP contribution >= 0.6 is 0 Å². The van der Waals surface area contributed by atoms with Gasteiger partial charge in [-0.1, -0.05) is 20.8 Å². The zero-order valence-corrected chi connectivity index (χ0v) is 13.1. The van der Waals surface area contributed by atoms with E-state index in [4.69, 9.17) is 9.47 Å². The third kappa shape index (κ3) is 8.61. The van der Waals surface area contributed by atoms with Crippen molar-refractivity contribution in [3.8, 4) is 0 Å². The Hall–Kier alpha value is -0.120. The summed E-state index contributed by atoms with van der Waals surface area (Å²) in [6, 6.07) is 0.720. The Labute approximate surface area is 119 Å². The van der Waals surface area contributed by atoms with E-state index in [0.717, 1.165) is 38.3 Å². The molecule has 0 spiro atoms. The molecule has 0 heterocycles. The van der Waals surface area contributed by atoms with Crippen LogP contribution in [0.1, 0.15) is 59.3 Å². The van der Waals surface area contributed by atoms with Crippen molar-refractivity contribution in [3.63, 3.8) is 0 Å². The molecule has 3 nitrogen and oxygen atoms in total. The van der Waals surface area contributed by atoms with Gasteiger partial charge >= 0.3 is 0 Å². The van der Waals surface area contributed by atoms with Crippen LogP contribution in [0.2, 0.25) is 0 Å². The van der Waals surface area contributed by atoms with E-state index < -0.39 is 0 Å². The highest BCUT2D eigenvalue weighted by Crippen LogP contribution is 2.21. The Kier molecular flexibility index (Phi) is 9.48. The van der Waals surface area contributed by atoms with Gasteiger partial charge in [0.15, 0.2) is 0 Å². The smallest absolute Gasteiger partial charge is 0.0704 e. The van der Waals surface area contributed by atoms with Crippen LogP contribution in [0.25, 0.3) is 0 Å². The average molecular weight is 271 g/mol. The van der Waals surface area contributed by atoms with Crippen LogP contribution in [-0.4, -0.2) is 38.5 Å². The Morgan fingerprint density at radius 2 is 1.79 bits per heavy atom. The molecular formula is C16H33NO2. The van der Waals surface area contributed by atoms with Gasteiger partial charge in [-0.05, 0) is 51.0 Å². The third-order valence-corrected chi connectivity index (χ3v) is 3.82. The molecule has 1 fully saturated rings. The second kappa shape index (κ2) is 10.6. The van der Waals surface area contributed by atoms with Gasteiger partial charge < -0.3 is 14.8 Å². The quantitative estimate of drug-likeness (QED) is 0.618. The number of hydrogen-bond donors (Lipinski definition) is 1. The summed E-state index contributed by atoms with van der Waals surface area (Å²) >= 11 is 0. The maximum Gasteiger partial charge on any atom is 0.0704 e. The molecule has 0 radical (unpaired) electrons. The predicted octanol–water partition coefficient (Wildman–Crippen LogP) is 3.38. The minimum atomic E-state index is 0.467. The number of nitrogens with one attached hydrogen (secondary N) is 1. The molecule has 0 aromatic carbocycles. The Morgan fingerprint density at radius 1 is 1.05 bits per heavy atom. The molecule has 0 unspecified atom stereocenters. The SMILES string of the molecule is CCN[C@H]1CC[C@H](OCCOCCCC(C)C)CC1. The Bertz CT molecular complexity index is 201. The van der Waals surface area contributed by atoms with Crippen molar-refractivity contribution in [2.24, 2.45) is 5.92 Å². The minimum Gasteiger partial charge on any atom is -0.379 e. The molecule has 1 saturated carbocycles. The third-order valence-electron chi connectivity index (χ3n) is 3.82. The standard InChI is InChI=1S/C16H33NO2/c1-4-17-15-7-9-16(10-8-15)19-13-12-18-11-5-6-14(2)3/h14-17H,4-13H2,1-3H3/t15-,16-. The molecule has 0 aromatic rings. The van der Waals surface area contributed by atoms with Gasteiger partial charge in [0.25, 0.3) is 0 Å². The van der Waals surface area contributed by atoms with Crippen molar-refractivity contribution < 1.29 is 9.47 Å². The number of ether oxygens (including phenoxy) is 2. The molecule has 0 amide bonds. The van der Waals surface area contributed by atoms with Crippen LogP contribution in [0.3, 0.4) is 0 Å². The molecule has 1 aliphatic rings. The fourth-order valence-electron chi connectivity index (χ4n) is 2.69. The monoisotopic (exact) mass is 271 g/mol. The van der Waals surface area contributed by atoms with E-state index in [-0.39, 0.29) is 0 Å². The van der Waals surface area contributed by atoms with E-state index >= 15 is 0 Å². The summed E-state index contributed by atoms with van der Waals surface area (Å²) in [5.74, 6) is 0.784. The van der Waals surface area contributed by atoms with Crippen LogP contribution < -0.4 is 5.32 Å². The lowest BCUT2D eigenvalue weighted by Gasteiger charge is -2.28. The highest BCUT2D eigenvalue weighted by atomic mass is 16.5. The highest BCUT2D eigenvalue weighted by molar-refractivity contribution is 4.76. The van der Waals surface area contributed by atoms with Crippen LogP contribution in [0.15, 0.2) is 0 Å². The first-order valence-electron chi connectivity index (χ1n) is 8.15. The van der Waals surface area contributed by atoms with Crippen LogP contribution in [0, 0.1) is 5.92 Å². The molecular weight excluding hydrogens is 238 g/mol. The van der Waals surface area contributed by atoms with Gasteiger partial charge in [0.1, 0.15) is 0 Å². The number of rotatable bonds is 10. The molecule has 1 N–H and O–H groups in total. The molecule has 0 aromatic heterocycles. The van der Waals surface area contributed by atoms with E-state index in [1.165, 1.54) is 38.5 Å². The lowest BCUT2D eigenvalue weighted by Crippen LogP contribution is -2.35. The fraction of sp³-hybridized carbons (Fsp3) is 1.00.